The molecule has 2 aromatic rings. The average Bonchev–Trinajstić information content (AvgIpc) is 3.11. The van der Waals surface area contributed by atoms with E-state index in [1.165, 1.54) is 6.08 Å². The Morgan fingerprint density at radius 1 is 1.09 bits per heavy atom. The van der Waals surface area contributed by atoms with Gasteiger partial charge in [-0.2, -0.15) is 0 Å². The van der Waals surface area contributed by atoms with Gasteiger partial charge in [-0.1, -0.05) is 28.1 Å². The largest absolute Gasteiger partial charge is 0.510 e. The van der Waals surface area contributed by atoms with E-state index in [0.717, 1.165) is 10.0 Å². The van der Waals surface area contributed by atoms with Crippen LogP contribution in [0.1, 0.15) is 11.6 Å². The molecule has 0 aromatic heterocycles. The molecule has 0 radical (unpaired) electrons. The molecule has 0 spiro atoms. The monoisotopic (exact) mass is 373 g/mol. The van der Waals surface area contributed by atoms with Gasteiger partial charge in [0.2, 0.25) is 6.79 Å². The number of hydrogen-bond donors (Lipinski definition) is 1. The summed E-state index contributed by atoms with van der Waals surface area (Å²) in [6.07, 6.45) is 1.25. The summed E-state index contributed by atoms with van der Waals surface area (Å²) in [5.74, 6) is 0.998. The highest BCUT2D eigenvalue weighted by atomic mass is 79.9. The van der Waals surface area contributed by atoms with Crippen LogP contribution < -0.4 is 14.4 Å². The van der Waals surface area contributed by atoms with Gasteiger partial charge < -0.3 is 14.6 Å². The van der Waals surface area contributed by atoms with Gasteiger partial charge in [-0.25, -0.2) is 0 Å². The first-order valence-corrected chi connectivity index (χ1v) is 7.81. The summed E-state index contributed by atoms with van der Waals surface area (Å²) in [6, 6.07) is 12.2. The zero-order valence-corrected chi connectivity index (χ0v) is 13.5. The minimum Gasteiger partial charge on any atom is -0.510 e. The van der Waals surface area contributed by atoms with E-state index >= 15 is 0 Å². The van der Waals surface area contributed by atoms with E-state index in [9.17, 15) is 9.90 Å². The molecule has 4 rings (SSSR count). The SMILES string of the molecule is O=C1C=C(O)C(c2ccc(Br)cc2)N1c1ccc2c(c1)OCO2. The fourth-order valence-electron chi connectivity index (χ4n) is 2.81. The molecule has 0 bridgehead atoms. The third-order valence-electron chi connectivity index (χ3n) is 3.87. The van der Waals surface area contributed by atoms with Crippen molar-refractivity contribution < 1.29 is 19.4 Å². The van der Waals surface area contributed by atoms with Crippen molar-refractivity contribution in [3.63, 3.8) is 0 Å². The number of amides is 1. The molecule has 5 nitrogen and oxygen atoms in total. The summed E-state index contributed by atoms with van der Waals surface area (Å²) >= 11 is 3.39. The molecule has 0 aliphatic carbocycles. The summed E-state index contributed by atoms with van der Waals surface area (Å²) < 4.78 is 11.6. The van der Waals surface area contributed by atoms with E-state index in [1.807, 2.05) is 24.3 Å². The molecular weight excluding hydrogens is 362 g/mol. The number of fused-ring (bicyclic) bond motifs is 1. The predicted octanol–water partition coefficient (Wildman–Crippen LogP) is 3.71. The molecule has 1 amide bonds. The maximum absolute atomic E-state index is 12.3. The summed E-state index contributed by atoms with van der Waals surface area (Å²) in [5, 5.41) is 10.2. The Bertz CT molecular complexity index is 816. The number of carbonyl (C=O) groups is 1. The van der Waals surface area contributed by atoms with Gasteiger partial charge in [-0.05, 0) is 29.8 Å². The highest BCUT2D eigenvalue weighted by Crippen LogP contribution is 2.41. The zero-order chi connectivity index (χ0) is 16.0. The van der Waals surface area contributed by atoms with Crippen LogP contribution in [0.4, 0.5) is 5.69 Å². The predicted molar refractivity (Wildman–Crippen MR) is 87.6 cm³/mol. The zero-order valence-electron chi connectivity index (χ0n) is 11.9. The van der Waals surface area contributed by atoms with Gasteiger partial charge in [0.25, 0.3) is 5.91 Å². The quantitative estimate of drug-likeness (QED) is 0.871. The van der Waals surface area contributed by atoms with Gasteiger partial charge in [0.15, 0.2) is 11.5 Å². The van der Waals surface area contributed by atoms with Crippen molar-refractivity contribution in [3.05, 3.63) is 64.3 Å². The molecule has 2 aliphatic rings. The molecule has 2 aromatic carbocycles. The number of benzene rings is 2. The second kappa shape index (κ2) is 5.31. The second-order valence-electron chi connectivity index (χ2n) is 5.27. The van der Waals surface area contributed by atoms with Gasteiger partial charge in [-0.3, -0.25) is 9.69 Å². The number of halogens is 1. The Balaban J connectivity index is 1.76. The van der Waals surface area contributed by atoms with Crippen molar-refractivity contribution in [3.8, 4) is 11.5 Å². The van der Waals surface area contributed by atoms with Crippen LogP contribution in [0.3, 0.4) is 0 Å². The normalized spacial score (nSPS) is 19.2. The Labute approximate surface area is 140 Å². The Morgan fingerprint density at radius 3 is 2.61 bits per heavy atom. The number of nitrogens with zero attached hydrogens (tertiary/aromatic N) is 1. The average molecular weight is 374 g/mol. The summed E-state index contributed by atoms with van der Waals surface area (Å²) in [7, 11) is 0. The highest BCUT2D eigenvalue weighted by molar-refractivity contribution is 9.10. The Kier molecular flexibility index (Phi) is 3.27. The van der Waals surface area contributed by atoms with Crippen LogP contribution >= 0.6 is 15.9 Å². The van der Waals surface area contributed by atoms with Crippen LogP contribution in [-0.4, -0.2) is 17.8 Å². The van der Waals surface area contributed by atoms with Crippen molar-refractivity contribution >= 4 is 27.5 Å². The third kappa shape index (κ3) is 2.35. The minimum atomic E-state index is -0.545. The lowest BCUT2D eigenvalue weighted by Gasteiger charge is -2.26. The van der Waals surface area contributed by atoms with E-state index in [4.69, 9.17) is 9.47 Å². The van der Waals surface area contributed by atoms with Crippen LogP contribution in [0.5, 0.6) is 11.5 Å². The van der Waals surface area contributed by atoms with Crippen LogP contribution in [0.25, 0.3) is 0 Å². The van der Waals surface area contributed by atoms with Crippen LogP contribution in [0.15, 0.2) is 58.8 Å². The molecule has 0 saturated heterocycles. The second-order valence-corrected chi connectivity index (χ2v) is 6.18. The van der Waals surface area contributed by atoms with Gasteiger partial charge >= 0.3 is 0 Å². The van der Waals surface area contributed by atoms with Crippen molar-refractivity contribution in [2.75, 3.05) is 11.7 Å². The molecule has 2 aliphatic heterocycles. The molecule has 1 unspecified atom stereocenters. The molecule has 1 atom stereocenters. The maximum Gasteiger partial charge on any atom is 0.255 e. The van der Waals surface area contributed by atoms with E-state index in [-0.39, 0.29) is 18.5 Å². The number of ether oxygens (including phenoxy) is 2. The highest BCUT2D eigenvalue weighted by Gasteiger charge is 2.36. The number of rotatable bonds is 2. The fourth-order valence-corrected chi connectivity index (χ4v) is 3.08. The first-order valence-electron chi connectivity index (χ1n) is 7.02. The lowest BCUT2D eigenvalue weighted by molar-refractivity contribution is -0.113. The molecule has 1 N–H and O–H groups in total. The van der Waals surface area contributed by atoms with Crippen molar-refractivity contribution in [1.29, 1.82) is 0 Å². The Morgan fingerprint density at radius 2 is 1.83 bits per heavy atom. The maximum atomic E-state index is 12.3. The lowest BCUT2D eigenvalue weighted by Crippen LogP contribution is -2.29. The molecule has 2 heterocycles. The summed E-state index contributed by atoms with van der Waals surface area (Å²) in [5.41, 5.74) is 1.47. The van der Waals surface area contributed by atoms with E-state index in [1.54, 1.807) is 23.1 Å². The first-order chi connectivity index (χ1) is 11.1. The van der Waals surface area contributed by atoms with Gasteiger partial charge in [0.05, 0.1) is 0 Å². The molecule has 23 heavy (non-hydrogen) atoms. The topological polar surface area (TPSA) is 59.0 Å². The molecule has 0 saturated carbocycles. The lowest BCUT2D eigenvalue weighted by atomic mass is 10.0. The van der Waals surface area contributed by atoms with Gasteiger partial charge in [0.1, 0.15) is 11.8 Å². The van der Waals surface area contributed by atoms with Crippen molar-refractivity contribution in [2.45, 2.75) is 6.04 Å². The van der Waals surface area contributed by atoms with Crippen LogP contribution in [-0.2, 0) is 4.79 Å². The standard InChI is InChI=1S/C17H12BrNO4/c18-11-3-1-10(2-4-11)17-13(20)8-16(21)19(17)12-5-6-14-15(7-12)23-9-22-14/h1-8,17,20H,9H2. The molecular formula is C17H12BrNO4. The molecule has 6 heteroatoms. The number of aliphatic hydroxyl groups is 1. The number of hydrogen-bond acceptors (Lipinski definition) is 4. The Hall–Kier alpha value is -2.47. The number of anilines is 1. The number of aliphatic hydroxyl groups excluding tert-OH is 1. The smallest absolute Gasteiger partial charge is 0.255 e. The van der Waals surface area contributed by atoms with Gasteiger partial charge in [-0.15, -0.1) is 0 Å². The summed E-state index contributed by atoms with van der Waals surface area (Å²) in [6.45, 7) is 0.173. The number of carbonyl (C=O) groups excluding carboxylic acids is 1. The minimum absolute atomic E-state index is 0.0231. The van der Waals surface area contributed by atoms with Gasteiger partial charge in [0, 0.05) is 22.3 Å². The van der Waals surface area contributed by atoms with Crippen molar-refractivity contribution in [2.24, 2.45) is 0 Å². The van der Waals surface area contributed by atoms with Crippen LogP contribution in [0, 0.1) is 0 Å². The van der Waals surface area contributed by atoms with Crippen molar-refractivity contribution in [1.82, 2.24) is 0 Å². The van der Waals surface area contributed by atoms with E-state index in [2.05, 4.69) is 15.9 Å². The molecule has 116 valence electrons. The summed E-state index contributed by atoms with van der Waals surface area (Å²) in [4.78, 5) is 13.9. The van der Waals surface area contributed by atoms with E-state index < -0.39 is 6.04 Å². The third-order valence-corrected chi connectivity index (χ3v) is 4.40. The van der Waals surface area contributed by atoms with Crippen LogP contribution in [0.2, 0.25) is 0 Å². The molecule has 0 fully saturated rings. The fraction of sp³-hybridized carbons (Fsp3) is 0.118. The van der Waals surface area contributed by atoms with E-state index in [0.29, 0.717) is 17.2 Å². The first kappa shape index (κ1) is 14.1.